The van der Waals surface area contributed by atoms with Crippen LogP contribution in [0.5, 0.6) is 5.75 Å². The molecule has 0 saturated carbocycles. The van der Waals surface area contributed by atoms with E-state index in [1.54, 1.807) is 13.3 Å². The zero-order valence-corrected chi connectivity index (χ0v) is 24.4. The van der Waals surface area contributed by atoms with Crippen molar-refractivity contribution in [3.05, 3.63) is 204 Å². The molecular weight excluding hydrogens is 540 g/mol. The van der Waals surface area contributed by atoms with Crippen molar-refractivity contribution in [1.29, 1.82) is 0 Å². The Morgan fingerprint density at radius 1 is 0.545 bits per heavy atom. The van der Waals surface area contributed by atoms with Crippen molar-refractivity contribution >= 4 is 10.8 Å². The summed E-state index contributed by atoms with van der Waals surface area (Å²) in [5, 5.41) is 15.3. The van der Waals surface area contributed by atoms with Crippen LogP contribution in [-0.4, -0.2) is 21.8 Å². The molecule has 44 heavy (non-hydrogen) atoms. The zero-order chi connectivity index (χ0) is 30.0. The highest BCUT2D eigenvalue weighted by Crippen LogP contribution is 2.45. The molecule has 0 aliphatic heterocycles. The third-order valence-corrected chi connectivity index (χ3v) is 8.56. The third-order valence-electron chi connectivity index (χ3n) is 8.56. The second-order valence-electron chi connectivity index (χ2n) is 10.9. The summed E-state index contributed by atoms with van der Waals surface area (Å²) in [5.74, 6) is 1.30. The molecule has 214 valence electrons. The van der Waals surface area contributed by atoms with E-state index < -0.39 is 11.1 Å². The first-order chi connectivity index (χ1) is 21.7. The van der Waals surface area contributed by atoms with Crippen molar-refractivity contribution in [3.8, 4) is 5.75 Å². The molecule has 0 aliphatic carbocycles. The number of imidazole rings is 1. The topological polar surface area (TPSA) is 47.3 Å². The molecule has 0 fully saturated rings. The molecule has 1 atom stereocenters. The van der Waals surface area contributed by atoms with Gasteiger partial charge in [-0.3, -0.25) is 0 Å². The SMILES string of the molecule is COc1ccc2cc(C(O)(c3ccccc3)c3nccn3C(c3ccccc3)(c3ccccc3)c3ccccc3)ccc2c1. The lowest BCUT2D eigenvalue weighted by atomic mass is 9.75. The standard InChI is InChI=1S/C40H32N2O2/c1-44-37-25-23-30-28-36(24-22-31(30)29-37)40(43,35-20-12-5-13-21-35)38-41-26-27-42(38)39(32-14-6-2-7-15-32,33-16-8-3-9-17-33)34-18-10-4-11-19-34/h2-29,43H,1H3. The number of methoxy groups -OCH3 is 1. The maximum atomic E-state index is 13.3. The summed E-state index contributed by atoms with van der Waals surface area (Å²) in [5.41, 5.74) is 2.17. The molecule has 0 amide bonds. The van der Waals surface area contributed by atoms with Gasteiger partial charge in [-0.2, -0.15) is 0 Å². The molecule has 1 aromatic heterocycles. The fourth-order valence-electron chi connectivity index (χ4n) is 6.48. The predicted molar refractivity (Wildman–Crippen MR) is 176 cm³/mol. The van der Waals surface area contributed by atoms with Crippen LogP contribution in [0.15, 0.2) is 170 Å². The molecule has 7 aromatic rings. The highest BCUT2D eigenvalue weighted by atomic mass is 16.5. The number of ether oxygens (including phenoxy) is 1. The van der Waals surface area contributed by atoms with E-state index in [2.05, 4.69) is 83.4 Å². The fourth-order valence-corrected chi connectivity index (χ4v) is 6.48. The first-order valence-electron chi connectivity index (χ1n) is 14.7. The summed E-state index contributed by atoms with van der Waals surface area (Å²) in [4.78, 5) is 4.98. The Morgan fingerprint density at radius 3 is 1.55 bits per heavy atom. The van der Waals surface area contributed by atoms with Gasteiger partial charge in [0.1, 0.15) is 11.3 Å². The van der Waals surface area contributed by atoms with Gasteiger partial charge in [0.05, 0.1) is 7.11 Å². The van der Waals surface area contributed by atoms with Crippen LogP contribution in [-0.2, 0) is 11.1 Å². The van der Waals surface area contributed by atoms with E-state index in [0.717, 1.165) is 44.3 Å². The summed E-state index contributed by atoms with van der Waals surface area (Å²) < 4.78 is 7.62. The normalized spacial score (nSPS) is 13.0. The molecule has 0 aliphatic rings. The molecule has 0 radical (unpaired) electrons. The van der Waals surface area contributed by atoms with Crippen LogP contribution in [0.3, 0.4) is 0 Å². The van der Waals surface area contributed by atoms with Gasteiger partial charge in [0, 0.05) is 12.4 Å². The van der Waals surface area contributed by atoms with E-state index >= 15 is 0 Å². The Labute approximate surface area is 257 Å². The van der Waals surface area contributed by atoms with Crippen molar-refractivity contribution in [2.45, 2.75) is 11.1 Å². The second kappa shape index (κ2) is 11.3. The van der Waals surface area contributed by atoms with Crippen molar-refractivity contribution in [3.63, 3.8) is 0 Å². The van der Waals surface area contributed by atoms with Gasteiger partial charge in [-0.15, -0.1) is 0 Å². The molecule has 0 saturated heterocycles. The highest BCUT2D eigenvalue weighted by Gasteiger charge is 2.46. The van der Waals surface area contributed by atoms with Crippen LogP contribution in [0.2, 0.25) is 0 Å². The molecule has 0 spiro atoms. The number of benzene rings is 6. The van der Waals surface area contributed by atoms with E-state index in [0.29, 0.717) is 5.82 Å². The predicted octanol–water partition coefficient (Wildman–Crippen LogP) is 8.17. The largest absolute Gasteiger partial charge is 0.497 e. The molecule has 4 heteroatoms. The minimum atomic E-state index is -1.59. The molecule has 1 N–H and O–H groups in total. The van der Waals surface area contributed by atoms with Crippen LogP contribution in [0.25, 0.3) is 10.8 Å². The maximum Gasteiger partial charge on any atom is 0.173 e. The molecule has 0 bridgehead atoms. The number of aliphatic hydroxyl groups is 1. The van der Waals surface area contributed by atoms with Crippen LogP contribution >= 0.6 is 0 Å². The Kier molecular flexibility index (Phi) is 7.05. The average Bonchev–Trinajstić information content (AvgIpc) is 3.60. The van der Waals surface area contributed by atoms with Gasteiger partial charge in [0.15, 0.2) is 11.4 Å². The Balaban J connectivity index is 1.57. The smallest absolute Gasteiger partial charge is 0.173 e. The van der Waals surface area contributed by atoms with E-state index in [9.17, 15) is 5.11 Å². The van der Waals surface area contributed by atoms with Gasteiger partial charge in [0.25, 0.3) is 0 Å². The van der Waals surface area contributed by atoms with Crippen molar-refractivity contribution in [2.24, 2.45) is 0 Å². The number of hydrogen-bond acceptors (Lipinski definition) is 3. The summed E-state index contributed by atoms with van der Waals surface area (Å²) in [6.07, 6.45) is 3.78. The molecule has 4 nitrogen and oxygen atoms in total. The van der Waals surface area contributed by atoms with Crippen LogP contribution in [0.1, 0.15) is 33.6 Å². The van der Waals surface area contributed by atoms with Crippen molar-refractivity contribution < 1.29 is 9.84 Å². The zero-order valence-electron chi connectivity index (χ0n) is 24.4. The fraction of sp³-hybridized carbons (Fsp3) is 0.0750. The van der Waals surface area contributed by atoms with Gasteiger partial charge < -0.3 is 14.4 Å². The quantitative estimate of drug-likeness (QED) is 0.187. The minimum Gasteiger partial charge on any atom is -0.497 e. The summed E-state index contributed by atoms with van der Waals surface area (Å²) >= 11 is 0. The number of rotatable bonds is 8. The molecule has 7 rings (SSSR count). The van der Waals surface area contributed by atoms with Gasteiger partial charge >= 0.3 is 0 Å². The van der Waals surface area contributed by atoms with Crippen LogP contribution in [0.4, 0.5) is 0 Å². The second-order valence-corrected chi connectivity index (χ2v) is 10.9. The monoisotopic (exact) mass is 572 g/mol. The van der Waals surface area contributed by atoms with Gasteiger partial charge in [0.2, 0.25) is 0 Å². The van der Waals surface area contributed by atoms with E-state index in [1.165, 1.54) is 0 Å². The number of nitrogens with zero attached hydrogens (tertiary/aromatic N) is 2. The van der Waals surface area contributed by atoms with Crippen LogP contribution < -0.4 is 4.74 Å². The lowest BCUT2D eigenvalue weighted by Gasteiger charge is -2.41. The summed E-state index contributed by atoms with van der Waals surface area (Å²) in [7, 11) is 1.67. The van der Waals surface area contributed by atoms with E-state index in [1.807, 2.05) is 85.1 Å². The first-order valence-corrected chi connectivity index (χ1v) is 14.7. The average molecular weight is 573 g/mol. The number of aromatic nitrogens is 2. The number of fused-ring (bicyclic) bond motifs is 1. The van der Waals surface area contributed by atoms with Crippen molar-refractivity contribution in [1.82, 2.24) is 9.55 Å². The first kappa shape index (κ1) is 27.4. The molecule has 1 unspecified atom stereocenters. The van der Waals surface area contributed by atoms with Gasteiger partial charge in [-0.1, -0.05) is 140 Å². The van der Waals surface area contributed by atoms with Crippen LogP contribution in [0, 0.1) is 0 Å². The summed E-state index contributed by atoms with van der Waals surface area (Å²) in [6.45, 7) is 0. The minimum absolute atomic E-state index is 0.508. The third kappa shape index (κ3) is 4.39. The Bertz CT molecular complexity index is 1910. The lowest BCUT2D eigenvalue weighted by Crippen LogP contribution is -2.43. The molecule has 1 heterocycles. The van der Waals surface area contributed by atoms with E-state index in [-0.39, 0.29) is 0 Å². The van der Waals surface area contributed by atoms with Gasteiger partial charge in [-0.05, 0) is 56.8 Å². The number of hydrogen-bond donors (Lipinski definition) is 1. The lowest BCUT2D eigenvalue weighted by molar-refractivity contribution is 0.108. The van der Waals surface area contributed by atoms with Gasteiger partial charge in [-0.25, -0.2) is 4.98 Å². The molecule has 6 aromatic carbocycles. The Morgan fingerprint density at radius 2 is 1.02 bits per heavy atom. The maximum absolute atomic E-state index is 13.3. The molecular formula is C40H32N2O2. The summed E-state index contributed by atoms with van der Waals surface area (Å²) in [6, 6.07) is 53.2. The van der Waals surface area contributed by atoms with Crippen molar-refractivity contribution in [2.75, 3.05) is 7.11 Å². The highest BCUT2D eigenvalue weighted by molar-refractivity contribution is 5.85. The van der Waals surface area contributed by atoms with E-state index in [4.69, 9.17) is 9.72 Å². The Hall–Kier alpha value is -5.45.